The second kappa shape index (κ2) is 18.5. The fraction of sp³-hybridized carbons (Fsp3) is 0.679. The van der Waals surface area contributed by atoms with Crippen LogP contribution in [0.15, 0.2) is 0 Å². The maximum absolute atomic E-state index is 12.4. The molecule has 2 aliphatic rings. The normalized spacial score (nSPS) is 29.0. The number of carbonyl (C=O) groups excluding carboxylic acids is 8. The molecule has 49 heavy (non-hydrogen) atoms. The second-order valence-electron chi connectivity index (χ2n) is 10.5. The van der Waals surface area contributed by atoms with Crippen molar-refractivity contribution in [2.45, 2.75) is 110 Å². The Bertz CT molecular complexity index is 1330. The summed E-state index contributed by atoms with van der Waals surface area (Å²) in [7, 11) is 0. The van der Waals surface area contributed by atoms with E-state index < -0.39 is 122 Å². The third-order valence-corrected chi connectivity index (χ3v) is 6.39. The highest BCUT2D eigenvalue weighted by Gasteiger charge is 2.57. The number of amides is 1. The number of hydrogen-bond acceptors (Lipinski definition) is 18. The van der Waals surface area contributed by atoms with E-state index in [0.29, 0.717) is 6.21 Å². The highest BCUT2D eigenvalue weighted by Crippen LogP contribution is 2.35. The first kappa shape index (κ1) is 40.2. The monoisotopic (exact) mass is 703 g/mol. The molecule has 4 unspecified atom stereocenters. The van der Waals surface area contributed by atoms with Crippen molar-refractivity contribution in [3.05, 3.63) is 5.53 Å². The lowest BCUT2D eigenvalue weighted by Crippen LogP contribution is -2.69. The van der Waals surface area contributed by atoms with Crippen molar-refractivity contribution in [2.24, 2.45) is 0 Å². The van der Waals surface area contributed by atoms with Gasteiger partial charge in [0.1, 0.15) is 31.5 Å². The van der Waals surface area contributed by atoms with Gasteiger partial charge >= 0.3 is 53.9 Å². The third kappa shape index (κ3) is 12.5. The molecule has 0 aromatic carbocycles. The summed E-state index contributed by atoms with van der Waals surface area (Å²) in [6, 6.07) is 0. The lowest BCUT2D eigenvalue weighted by Gasteiger charge is -2.48. The highest BCUT2D eigenvalue weighted by molar-refractivity contribution is 6.23. The van der Waals surface area contributed by atoms with E-state index in [0.717, 1.165) is 48.5 Å². The molecule has 0 radical (unpaired) electrons. The molecule has 2 aliphatic heterocycles. The fourth-order valence-corrected chi connectivity index (χ4v) is 4.86. The largest absolute Gasteiger partial charge is 0.463 e. The predicted octanol–water partition coefficient (Wildman–Crippen LogP) is -1.98. The number of carbonyl (C=O) groups is 8. The summed E-state index contributed by atoms with van der Waals surface area (Å²) in [6.45, 7) is 5.85. The molecule has 1 amide bonds. The molecule has 2 saturated heterocycles. The zero-order chi connectivity index (χ0) is 37.0. The third-order valence-electron chi connectivity index (χ3n) is 6.39. The van der Waals surface area contributed by atoms with Crippen LogP contribution in [0, 0.1) is 0 Å². The molecule has 21 heteroatoms. The molecule has 0 aromatic rings. The quantitative estimate of drug-likeness (QED) is 0.0715. The average Bonchev–Trinajstić information content (AvgIpc) is 2.95. The molecule has 21 nitrogen and oxygen atoms in total. The minimum atomic E-state index is -1.86. The van der Waals surface area contributed by atoms with Crippen LogP contribution in [-0.2, 0) is 85.7 Å². The standard InChI is InChI=1S/C28H37N3O18/c1-11(32)40-9-18-22(23(43-14(4)35)25(45-16(6)37)27(47-18)31-20(39)8-30-29)49-28-26(46-17(7)38)24(44-15(5)36)21(42-13(3)34)19(48-28)10-41-12(2)33/h8,18-19,21-28H,9-10H2,1-7H3,(H,31,39)/t18?,19?,21-,22-,23+,24+,25?,26?,27-,28+/m1/s1. The number of rotatable bonds is 13. The molecule has 0 aromatic heterocycles. The van der Waals surface area contributed by atoms with Crippen LogP contribution in [0.3, 0.4) is 0 Å². The highest BCUT2D eigenvalue weighted by atomic mass is 16.8. The van der Waals surface area contributed by atoms with Gasteiger partial charge < -0.3 is 58.2 Å². The number of esters is 7. The van der Waals surface area contributed by atoms with E-state index in [-0.39, 0.29) is 0 Å². The first-order valence-electron chi connectivity index (χ1n) is 14.5. The van der Waals surface area contributed by atoms with Gasteiger partial charge in [-0.2, -0.15) is 4.79 Å². The summed E-state index contributed by atoms with van der Waals surface area (Å²) in [6.07, 6.45) is -16.1. The van der Waals surface area contributed by atoms with Gasteiger partial charge in [-0.1, -0.05) is 0 Å². The topological polar surface area (TPSA) is 277 Å². The van der Waals surface area contributed by atoms with Crippen molar-refractivity contribution in [3.8, 4) is 0 Å². The Balaban J connectivity index is 2.75. The Morgan fingerprint density at radius 2 is 0.980 bits per heavy atom. The van der Waals surface area contributed by atoms with Crippen molar-refractivity contribution in [1.82, 2.24) is 5.32 Å². The van der Waals surface area contributed by atoms with Gasteiger partial charge in [0.05, 0.1) is 0 Å². The molecule has 10 atom stereocenters. The minimum absolute atomic E-state index is 0.441. The molecular formula is C28H37N3O18. The van der Waals surface area contributed by atoms with Crippen LogP contribution >= 0.6 is 0 Å². The molecule has 272 valence electrons. The number of ether oxygens (including phenoxy) is 10. The van der Waals surface area contributed by atoms with Crippen LogP contribution < -0.4 is 5.32 Å². The van der Waals surface area contributed by atoms with E-state index in [4.69, 9.17) is 52.9 Å². The van der Waals surface area contributed by atoms with Gasteiger partial charge in [-0.3, -0.25) is 38.4 Å². The van der Waals surface area contributed by atoms with Gasteiger partial charge in [0.2, 0.25) is 0 Å². The summed E-state index contributed by atoms with van der Waals surface area (Å²) in [5.74, 6) is -7.35. The summed E-state index contributed by atoms with van der Waals surface area (Å²) in [5.41, 5.74) is 8.79. The van der Waals surface area contributed by atoms with Gasteiger partial charge in [0.15, 0.2) is 43.0 Å². The van der Waals surface area contributed by atoms with Crippen molar-refractivity contribution in [1.29, 1.82) is 0 Å². The zero-order valence-corrected chi connectivity index (χ0v) is 27.5. The maximum atomic E-state index is 12.4. The van der Waals surface area contributed by atoms with Crippen LogP contribution in [0.25, 0.3) is 5.53 Å². The Hall–Kier alpha value is -4.98. The van der Waals surface area contributed by atoms with E-state index in [1.165, 1.54) is 0 Å². The van der Waals surface area contributed by atoms with Crippen molar-refractivity contribution < 1.29 is 90.5 Å². The number of hydrogen-bond donors (Lipinski definition) is 1. The molecule has 0 aliphatic carbocycles. The summed E-state index contributed by atoms with van der Waals surface area (Å²) in [5, 5.41) is 2.25. The van der Waals surface area contributed by atoms with Crippen LogP contribution in [0.5, 0.6) is 0 Å². The zero-order valence-electron chi connectivity index (χ0n) is 27.5. The van der Waals surface area contributed by atoms with Crippen LogP contribution in [0.1, 0.15) is 48.5 Å². The Morgan fingerprint density at radius 3 is 1.43 bits per heavy atom. The summed E-state index contributed by atoms with van der Waals surface area (Å²) in [4.78, 5) is 99.6. The minimum Gasteiger partial charge on any atom is -0.463 e. The Kier molecular flexibility index (Phi) is 15.2. The predicted molar refractivity (Wildman–Crippen MR) is 151 cm³/mol. The fourth-order valence-electron chi connectivity index (χ4n) is 4.86. The molecule has 2 heterocycles. The van der Waals surface area contributed by atoms with Gasteiger partial charge in [-0.15, -0.1) is 0 Å². The molecular weight excluding hydrogens is 666 g/mol. The van der Waals surface area contributed by atoms with E-state index in [9.17, 15) is 38.4 Å². The molecule has 2 fully saturated rings. The molecule has 1 N–H and O–H groups in total. The van der Waals surface area contributed by atoms with Gasteiger partial charge in [-0.25, -0.2) is 0 Å². The van der Waals surface area contributed by atoms with Gasteiger partial charge in [0.25, 0.3) is 0 Å². The van der Waals surface area contributed by atoms with Crippen molar-refractivity contribution in [3.63, 3.8) is 0 Å². The molecule has 0 bridgehead atoms. The Labute approximate surface area is 278 Å². The van der Waals surface area contributed by atoms with E-state index in [1.807, 2.05) is 0 Å². The van der Waals surface area contributed by atoms with Gasteiger partial charge in [0, 0.05) is 48.5 Å². The first-order chi connectivity index (χ1) is 22.9. The van der Waals surface area contributed by atoms with E-state index in [2.05, 4.69) is 10.1 Å². The lowest BCUT2D eigenvalue weighted by atomic mass is 9.95. The summed E-state index contributed by atoms with van der Waals surface area (Å²) >= 11 is 0. The summed E-state index contributed by atoms with van der Waals surface area (Å²) < 4.78 is 55.2. The molecule has 2 rings (SSSR count). The van der Waals surface area contributed by atoms with Crippen molar-refractivity contribution >= 4 is 53.9 Å². The van der Waals surface area contributed by atoms with Gasteiger partial charge in [-0.05, 0) is 0 Å². The molecule has 0 saturated carbocycles. The smallest absolute Gasteiger partial charge is 0.344 e. The SMILES string of the molecule is CC(=O)OCC1O[C@@H](O[C@@H]2C(COC(C)=O)O[C@@H](NC(=O)C=[N+]=[N-])C(OC(C)=O)[C@H]2OC(C)=O)C(OC(C)=O)[C@@H](OC(C)=O)[C@@H]1OC(C)=O. The maximum Gasteiger partial charge on any atom is 0.344 e. The lowest BCUT2D eigenvalue weighted by molar-refractivity contribution is -0.345. The van der Waals surface area contributed by atoms with E-state index >= 15 is 0 Å². The first-order valence-corrected chi connectivity index (χ1v) is 14.5. The number of nitrogens with one attached hydrogen (secondary N) is 1. The van der Waals surface area contributed by atoms with E-state index in [1.54, 1.807) is 0 Å². The Morgan fingerprint density at radius 1 is 0.571 bits per heavy atom. The average molecular weight is 704 g/mol. The van der Waals surface area contributed by atoms with Crippen LogP contribution in [0.4, 0.5) is 0 Å². The second-order valence-corrected chi connectivity index (χ2v) is 10.5. The molecule has 0 spiro atoms. The van der Waals surface area contributed by atoms with Crippen molar-refractivity contribution in [2.75, 3.05) is 13.2 Å². The number of nitrogens with zero attached hydrogens (tertiary/aromatic N) is 2. The van der Waals surface area contributed by atoms with Crippen LogP contribution in [-0.4, -0.2) is 133 Å². The van der Waals surface area contributed by atoms with Crippen LogP contribution in [0.2, 0.25) is 0 Å².